The summed E-state index contributed by atoms with van der Waals surface area (Å²) >= 11 is 6.10. The van der Waals surface area contributed by atoms with Crippen molar-refractivity contribution in [3.63, 3.8) is 0 Å². The Balaban J connectivity index is 2.62. The number of hydrogen-bond donors (Lipinski definition) is 0. The standard InChI is InChI=1S/C16H24ClN3/c1-4-19(5-2)10-7-11-20(6-3)15-9-8-14(13-18)16(17)12-15/h8-9,12H,4-7,10-11H2,1-3H3. The van der Waals surface area contributed by atoms with Gasteiger partial charge in [0.25, 0.3) is 0 Å². The van der Waals surface area contributed by atoms with Crippen LogP contribution in [-0.2, 0) is 0 Å². The van der Waals surface area contributed by atoms with Gasteiger partial charge in [0.15, 0.2) is 0 Å². The molecule has 110 valence electrons. The van der Waals surface area contributed by atoms with Crippen LogP contribution in [0.25, 0.3) is 0 Å². The van der Waals surface area contributed by atoms with E-state index in [-0.39, 0.29) is 0 Å². The van der Waals surface area contributed by atoms with Crippen LogP contribution in [0, 0.1) is 11.3 Å². The molecule has 0 aliphatic heterocycles. The van der Waals surface area contributed by atoms with Gasteiger partial charge in [-0.2, -0.15) is 5.26 Å². The quantitative estimate of drug-likeness (QED) is 0.731. The van der Waals surface area contributed by atoms with Gasteiger partial charge in [-0.15, -0.1) is 0 Å². The number of nitriles is 1. The highest BCUT2D eigenvalue weighted by atomic mass is 35.5. The summed E-state index contributed by atoms with van der Waals surface area (Å²) in [5.74, 6) is 0. The van der Waals surface area contributed by atoms with E-state index in [1.165, 1.54) is 0 Å². The Morgan fingerprint density at radius 2 is 1.80 bits per heavy atom. The Morgan fingerprint density at radius 3 is 2.30 bits per heavy atom. The number of rotatable bonds is 8. The molecule has 0 aromatic heterocycles. The average molecular weight is 294 g/mol. The normalized spacial score (nSPS) is 10.6. The van der Waals surface area contributed by atoms with E-state index < -0.39 is 0 Å². The fraction of sp³-hybridized carbons (Fsp3) is 0.562. The molecule has 0 saturated heterocycles. The lowest BCUT2D eigenvalue weighted by atomic mass is 10.2. The molecule has 0 radical (unpaired) electrons. The third-order valence-electron chi connectivity index (χ3n) is 3.62. The predicted molar refractivity (Wildman–Crippen MR) is 86.5 cm³/mol. The first kappa shape index (κ1) is 16.8. The summed E-state index contributed by atoms with van der Waals surface area (Å²) in [6, 6.07) is 7.76. The second kappa shape index (κ2) is 8.84. The Kier molecular flexibility index (Phi) is 7.43. The Bertz CT molecular complexity index is 450. The van der Waals surface area contributed by atoms with Crippen LogP contribution >= 0.6 is 11.6 Å². The zero-order valence-corrected chi connectivity index (χ0v) is 13.5. The van der Waals surface area contributed by atoms with Crippen molar-refractivity contribution in [3.05, 3.63) is 28.8 Å². The van der Waals surface area contributed by atoms with Crippen molar-refractivity contribution in [1.29, 1.82) is 5.26 Å². The fourth-order valence-corrected chi connectivity index (χ4v) is 2.50. The Labute approximate surface area is 127 Å². The van der Waals surface area contributed by atoms with E-state index in [9.17, 15) is 0 Å². The van der Waals surface area contributed by atoms with Gasteiger partial charge in [0.1, 0.15) is 6.07 Å². The van der Waals surface area contributed by atoms with Gasteiger partial charge in [-0.05, 0) is 51.2 Å². The van der Waals surface area contributed by atoms with Gasteiger partial charge in [0.2, 0.25) is 0 Å². The summed E-state index contributed by atoms with van der Waals surface area (Å²) in [6.45, 7) is 11.8. The van der Waals surface area contributed by atoms with Crippen molar-refractivity contribution < 1.29 is 0 Å². The molecule has 1 rings (SSSR count). The summed E-state index contributed by atoms with van der Waals surface area (Å²) in [4.78, 5) is 4.73. The van der Waals surface area contributed by atoms with E-state index in [1.807, 2.05) is 12.1 Å². The van der Waals surface area contributed by atoms with Gasteiger partial charge < -0.3 is 9.80 Å². The Morgan fingerprint density at radius 1 is 1.10 bits per heavy atom. The van der Waals surface area contributed by atoms with E-state index in [1.54, 1.807) is 6.07 Å². The molecule has 0 amide bonds. The first-order valence-electron chi connectivity index (χ1n) is 7.33. The number of nitrogens with zero attached hydrogens (tertiary/aromatic N) is 3. The number of halogens is 1. The lowest BCUT2D eigenvalue weighted by Gasteiger charge is -2.25. The third kappa shape index (κ3) is 4.70. The van der Waals surface area contributed by atoms with Gasteiger partial charge in [0.05, 0.1) is 10.6 Å². The molecule has 0 N–H and O–H groups in total. The molecule has 0 aliphatic rings. The van der Waals surface area contributed by atoms with Crippen LogP contribution in [0.4, 0.5) is 5.69 Å². The maximum atomic E-state index is 8.91. The Hall–Kier alpha value is -1.24. The van der Waals surface area contributed by atoms with Crippen LogP contribution in [0.5, 0.6) is 0 Å². The molecule has 1 aromatic rings. The SMILES string of the molecule is CCN(CC)CCCN(CC)c1ccc(C#N)c(Cl)c1. The predicted octanol–water partition coefficient (Wildman–Crippen LogP) is 3.77. The van der Waals surface area contributed by atoms with Crippen molar-refractivity contribution in [2.24, 2.45) is 0 Å². The van der Waals surface area contributed by atoms with Gasteiger partial charge in [-0.3, -0.25) is 0 Å². The molecule has 1 aromatic carbocycles. The van der Waals surface area contributed by atoms with E-state index in [4.69, 9.17) is 16.9 Å². The maximum absolute atomic E-state index is 8.91. The van der Waals surface area contributed by atoms with Gasteiger partial charge in [-0.25, -0.2) is 0 Å². The number of benzene rings is 1. The number of anilines is 1. The van der Waals surface area contributed by atoms with Crippen LogP contribution in [0.3, 0.4) is 0 Å². The highest BCUT2D eigenvalue weighted by molar-refractivity contribution is 6.32. The van der Waals surface area contributed by atoms with Crippen molar-refractivity contribution in [1.82, 2.24) is 4.90 Å². The maximum Gasteiger partial charge on any atom is 0.101 e. The summed E-state index contributed by atoms with van der Waals surface area (Å²) in [5, 5.41) is 9.44. The minimum Gasteiger partial charge on any atom is -0.372 e. The van der Waals surface area contributed by atoms with Crippen LogP contribution in [0.2, 0.25) is 5.02 Å². The van der Waals surface area contributed by atoms with Crippen LogP contribution in [0.1, 0.15) is 32.8 Å². The van der Waals surface area contributed by atoms with Gasteiger partial charge in [0, 0.05) is 18.8 Å². The van der Waals surface area contributed by atoms with E-state index in [0.717, 1.165) is 44.8 Å². The molecule has 20 heavy (non-hydrogen) atoms. The first-order valence-corrected chi connectivity index (χ1v) is 7.70. The molecule has 0 spiro atoms. The zero-order chi connectivity index (χ0) is 15.0. The smallest absolute Gasteiger partial charge is 0.101 e. The molecule has 0 heterocycles. The van der Waals surface area contributed by atoms with Gasteiger partial charge >= 0.3 is 0 Å². The summed E-state index contributed by atoms with van der Waals surface area (Å²) < 4.78 is 0. The lowest BCUT2D eigenvalue weighted by molar-refractivity contribution is 0.301. The number of hydrogen-bond acceptors (Lipinski definition) is 3. The average Bonchev–Trinajstić information content (AvgIpc) is 2.47. The molecular weight excluding hydrogens is 270 g/mol. The third-order valence-corrected chi connectivity index (χ3v) is 3.93. The molecule has 0 unspecified atom stereocenters. The van der Waals surface area contributed by atoms with Crippen LogP contribution < -0.4 is 4.90 Å². The topological polar surface area (TPSA) is 30.3 Å². The molecular formula is C16H24ClN3. The largest absolute Gasteiger partial charge is 0.372 e. The van der Waals surface area contributed by atoms with Crippen molar-refractivity contribution in [2.45, 2.75) is 27.2 Å². The van der Waals surface area contributed by atoms with Crippen LogP contribution in [-0.4, -0.2) is 37.6 Å². The zero-order valence-electron chi connectivity index (χ0n) is 12.7. The van der Waals surface area contributed by atoms with E-state index in [0.29, 0.717) is 10.6 Å². The molecule has 4 heteroatoms. The molecule has 3 nitrogen and oxygen atoms in total. The highest BCUT2D eigenvalue weighted by Gasteiger charge is 2.08. The van der Waals surface area contributed by atoms with Gasteiger partial charge in [-0.1, -0.05) is 25.4 Å². The second-order valence-corrected chi connectivity index (χ2v) is 5.14. The molecule has 0 bridgehead atoms. The van der Waals surface area contributed by atoms with Crippen molar-refractivity contribution in [3.8, 4) is 6.07 Å². The second-order valence-electron chi connectivity index (χ2n) is 4.74. The van der Waals surface area contributed by atoms with E-state index in [2.05, 4.69) is 36.6 Å². The lowest BCUT2D eigenvalue weighted by Crippen LogP contribution is -2.30. The molecule has 0 aliphatic carbocycles. The minimum absolute atomic E-state index is 0.534. The first-order chi connectivity index (χ1) is 9.65. The van der Waals surface area contributed by atoms with E-state index >= 15 is 0 Å². The molecule has 0 saturated carbocycles. The highest BCUT2D eigenvalue weighted by Crippen LogP contribution is 2.23. The minimum atomic E-state index is 0.534. The summed E-state index contributed by atoms with van der Waals surface area (Å²) in [5.41, 5.74) is 1.63. The van der Waals surface area contributed by atoms with Crippen LogP contribution in [0.15, 0.2) is 18.2 Å². The molecule has 0 fully saturated rings. The van der Waals surface area contributed by atoms with Crippen molar-refractivity contribution in [2.75, 3.05) is 37.6 Å². The summed E-state index contributed by atoms with van der Waals surface area (Å²) in [7, 11) is 0. The van der Waals surface area contributed by atoms with Crippen molar-refractivity contribution >= 4 is 17.3 Å². The fourth-order valence-electron chi connectivity index (χ4n) is 2.29. The summed E-state index contributed by atoms with van der Waals surface area (Å²) in [6.07, 6.45) is 1.13. The monoisotopic (exact) mass is 293 g/mol. The molecule has 0 atom stereocenters.